The Labute approximate surface area is 154 Å². The zero-order valence-corrected chi connectivity index (χ0v) is 15.2. The summed E-state index contributed by atoms with van der Waals surface area (Å²) in [6, 6.07) is 0. The molecule has 0 aromatic carbocycles. The van der Waals surface area contributed by atoms with Crippen molar-refractivity contribution in [1.82, 2.24) is 4.90 Å². The van der Waals surface area contributed by atoms with Crippen LogP contribution >= 0.6 is 0 Å². The fourth-order valence-electron chi connectivity index (χ4n) is 5.72. The highest BCUT2D eigenvalue weighted by molar-refractivity contribution is 5.86. The van der Waals surface area contributed by atoms with Gasteiger partial charge < -0.3 is 19.8 Å². The molecular weight excluding hydrogens is 330 g/mol. The molecule has 4 aliphatic carbocycles. The van der Waals surface area contributed by atoms with Crippen molar-refractivity contribution in [3.63, 3.8) is 0 Å². The van der Waals surface area contributed by atoms with Gasteiger partial charge >= 0.3 is 0 Å². The predicted octanol–water partition coefficient (Wildman–Crippen LogP) is 2.13. The second-order valence-corrected chi connectivity index (χ2v) is 8.91. The maximum absolute atomic E-state index is 12.6. The second-order valence-electron chi connectivity index (χ2n) is 8.91. The molecule has 5 aliphatic rings. The molecule has 0 bridgehead atoms. The van der Waals surface area contributed by atoms with Crippen LogP contribution in [-0.4, -0.2) is 58.8 Å². The molecule has 2 saturated carbocycles. The van der Waals surface area contributed by atoms with Crippen LogP contribution in [0.2, 0.25) is 0 Å². The number of nitrogens with zero attached hydrogens (tertiary/aromatic N) is 1. The number of ketones is 1. The average molecular weight is 357 g/mol. The molecule has 0 aromatic rings. The van der Waals surface area contributed by atoms with Crippen molar-refractivity contribution in [3.05, 3.63) is 35.6 Å². The molecule has 5 atom stereocenters. The Balaban J connectivity index is 1.53. The Hall–Kier alpha value is -1.43. The Morgan fingerprint density at radius 1 is 1.35 bits per heavy atom. The first-order valence-electron chi connectivity index (χ1n) is 9.84. The molecule has 5 nitrogen and oxygen atoms in total. The van der Waals surface area contributed by atoms with Crippen LogP contribution in [0.4, 0.5) is 0 Å². The number of hydrogen-bond donors (Lipinski definition) is 2. The van der Waals surface area contributed by atoms with Crippen LogP contribution in [0.5, 0.6) is 0 Å². The summed E-state index contributed by atoms with van der Waals surface area (Å²) >= 11 is 0. The molecule has 0 aromatic heterocycles. The molecule has 0 radical (unpaired) electrons. The van der Waals surface area contributed by atoms with Gasteiger partial charge in [0.2, 0.25) is 0 Å². The summed E-state index contributed by atoms with van der Waals surface area (Å²) in [7, 11) is 2.14. The normalized spacial score (nSPS) is 43.3. The van der Waals surface area contributed by atoms with E-state index in [-0.39, 0.29) is 17.5 Å². The van der Waals surface area contributed by atoms with Crippen LogP contribution < -0.4 is 0 Å². The van der Waals surface area contributed by atoms with E-state index in [1.165, 1.54) is 12.8 Å². The third-order valence-corrected chi connectivity index (χ3v) is 7.20. The van der Waals surface area contributed by atoms with Crippen LogP contribution in [0, 0.1) is 17.3 Å². The van der Waals surface area contributed by atoms with E-state index in [1.54, 1.807) is 6.08 Å². The molecule has 140 valence electrons. The minimum Gasteiger partial charge on any atom is -0.510 e. The SMILES string of the molecule is CN(CC[C@]12C3=CC=C(O)C1O[C@H]1C(=O)CC[C@@](O)(C=C3)C12)CC1CC1. The zero-order valence-electron chi connectivity index (χ0n) is 15.2. The molecule has 26 heavy (non-hydrogen) atoms. The van der Waals surface area contributed by atoms with Gasteiger partial charge in [0.15, 0.2) is 5.78 Å². The summed E-state index contributed by atoms with van der Waals surface area (Å²) in [5, 5.41) is 21.9. The molecular formula is C21H27NO4. The Morgan fingerprint density at radius 2 is 2.15 bits per heavy atom. The molecule has 3 fully saturated rings. The van der Waals surface area contributed by atoms with Crippen LogP contribution in [0.25, 0.3) is 0 Å². The first kappa shape index (κ1) is 16.7. The van der Waals surface area contributed by atoms with Gasteiger partial charge in [0, 0.05) is 24.3 Å². The Kier molecular flexibility index (Phi) is 3.56. The molecule has 1 saturated heterocycles. The van der Waals surface area contributed by atoms with Gasteiger partial charge in [-0.2, -0.15) is 0 Å². The monoisotopic (exact) mass is 357 g/mol. The van der Waals surface area contributed by atoms with Crippen LogP contribution in [-0.2, 0) is 9.53 Å². The van der Waals surface area contributed by atoms with Crippen molar-refractivity contribution in [2.24, 2.45) is 17.3 Å². The van der Waals surface area contributed by atoms with E-state index in [0.29, 0.717) is 12.8 Å². The average Bonchev–Trinajstić information content (AvgIpc) is 3.34. The summed E-state index contributed by atoms with van der Waals surface area (Å²) in [5.74, 6) is 0.736. The van der Waals surface area contributed by atoms with Gasteiger partial charge in [-0.25, -0.2) is 0 Å². The van der Waals surface area contributed by atoms with Crippen molar-refractivity contribution in [2.75, 3.05) is 20.1 Å². The number of carbonyl (C=O) groups is 1. The Morgan fingerprint density at radius 3 is 2.92 bits per heavy atom. The number of carbonyl (C=O) groups excluding carboxylic acids is 1. The zero-order chi connectivity index (χ0) is 18.1. The summed E-state index contributed by atoms with van der Waals surface area (Å²) < 4.78 is 6.14. The van der Waals surface area contributed by atoms with Crippen molar-refractivity contribution in [3.8, 4) is 0 Å². The number of aliphatic hydroxyl groups is 2. The van der Waals surface area contributed by atoms with E-state index >= 15 is 0 Å². The smallest absolute Gasteiger partial charge is 0.162 e. The minimum atomic E-state index is -1.03. The summed E-state index contributed by atoms with van der Waals surface area (Å²) in [5.41, 5.74) is -0.481. The highest BCUT2D eigenvalue weighted by Gasteiger charge is 2.69. The maximum atomic E-state index is 12.6. The summed E-state index contributed by atoms with van der Waals surface area (Å²) in [6.07, 6.45) is 10.5. The number of rotatable bonds is 5. The van der Waals surface area contributed by atoms with Crippen LogP contribution in [0.15, 0.2) is 35.6 Å². The van der Waals surface area contributed by atoms with Crippen molar-refractivity contribution in [1.29, 1.82) is 0 Å². The summed E-state index contributed by atoms with van der Waals surface area (Å²) in [6.45, 7) is 1.96. The topological polar surface area (TPSA) is 70.0 Å². The van der Waals surface area contributed by atoms with Crippen LogP contribution in [0.3, 0.4) is 0 Å². The van der Waals surface area contributed by atoms with Gasteiger partial charge in [-0.1, -0.05) is 18.2 Å². The van der Waals surface area contributed by atoms with E-state index < -0.39 is 23.2 Å². The molecule has 1 heterocycles. The van der Waals surface area contributed by atoms with Gasteiger partial charge in [0.1, 0.15) is 18.0 Å². The van der Waals surface area contributed by atoms with Gasteiger partial charge in [-0.15, -0.1) is 0 Å². The quantitative estimate of drug-likeness (QED) is 0.789. The standard InChI is InChI=1S/C21H27NO4/c1-22(12-13-2-3-13)11-10-21-14-4-5-16(24)19(21)26-17-15(23)7-9-20(25,8-6-14)18(17)21/h4-6,8,13,17-19,24-25H,2-3,7,9-12H2,1H3/t17-,18?,19?,20-,21+/m0/s1. The lowest BCUT2D eigenvalue weighted by Gasteiger charge is -2.51. The van der Waals surface area contributed by atoms with Gasteiger partial charge in [-0.3, -0.25) is 4.79 Å². The van der Waals surface area contributed by atoms with Gasteiger partial charge in [0.25, 0.3) is 0 Å². The maximum Gasteiger partial charge on any atom is 0.162 e. The highest BCUT2D eigenvalue weighted by atomic mass is 16.5. The molecule has 0 amide bonds. The lowest BCUT2D eigenvalue weighted by molar-refractivity contribution is -0.143. The molecule has 1 aliphatic heterocycles. The van der Waals surface area contributed by atoms with E-state index in [2.05, 4.69) is 11.9 Å². The largest absolute Gasteiger partial charge is 0.510 e. The lowest BCUT2D eigenvalue weighted by Crippen LogP contribution is -2.58. The predicted molar refractivity (Wildman–Crippen MR) is 96.5 cm³/mol. The molecule has 5 heteroatoms. The van der Waals surface area contributed by atoms with E-state index in [9.17, 15) is 15.0 Å². The van der Waals surface area contributed by atoms with Gasteiger partial charge in [0.05, 0.1) is 5.60 Å². The third-order valence-electron chi connectivity index (χ3n) is 7.20. The molecule has 2 N–H and O–H groups in total. The lowest BCUT2D eigenvalue weighted by atomic mass is 9.52. The van der Waals surface area contributed by atoms with Crippen molar-refractivity contribution < 1.29 is 19.7 Å². The van der Waals surface area contributed by atoms with Crippen LogP contribution in [0.1, 0.15) is 32.1 Å². The van der Waals surface area contributed by atoms with E-state index in [0.717, 1.165) is 31.0 Å². The number of aliphatic hydroxyl groups excluding tert-OH is 1. The number of hydrogen-bond acceptors (Lipinski definition) is 5. The van der Waals surface area contributed by atoms with Gasteiger partial charge in [-0.05, 0) is 56.8 Å². The fourth-order valence-corrected chi connectivity index (χ4v) is 5.72. The molecule has 5 rings (SSSR count). The van der Waals surface area contributed by atoms with Crippen molar-refractivity contribution in [2.45, 2.75) is 49.9 Å². The fraction of sp³-hybridized carbons (Fsp3) is 0.667. The van der Waals surface area contributed by atoms with E-state index in [1.807, 2.05) is 18.2 Å². The second kappa shape index (κ2) is 5.54. The number of allylic oxidation sites excluding steroid dienone is 3. The number of ether oxygens (including phenoxy) is 1. The summed E-state index contributed by atoms with van der Waals surface area (Å²) in [4.78, 5) is 14.9. The molecule has 0 spiro atoms. The van der Waals surface area contributed by atoms with E-state index in [4.69, 9.17) is 4.74 Å². The van der Waals surface area contributed by atoms with Crippen molar-refractivity contribution >= 4 is 5.78 Å². The first-order valence-corrected chi connectivity index (χ1v) is 9.84. The Bertz CT molecular complexity index is 736. The minimum absolute atomic E-state index is 0.0576. The highest BCUT2D eigenvalue weighted by Crippen LogP contribution is 2.63. The first-order chi connectivity index (χ1) is 12.4. The third kappa shape index (κ3) is 2.23. The number of Topliss-reactive ketones (excluding diaryl/α,β-unsaturated/α-hetero) is 1. The molecule has 2 unspecified atom stereocenters.